The summed E-state index contributed by atoms with van der Waals surface area (Å²) in [5.74, 6) is -4.91. The first kappa shape index (κ1) is 16.7. The van der Waals surface area contributed by atoms with Gasteiger partial charge in [-0.15, -0.1) is 0 Å². The Bertz CT molecular complexity index is 656. The first-order valence-corrected chi connectivity index (χ1v) is 6.83. The molecule has 0 aliphatic carbocycles. The van der Waals surface area contributed by atoms with Crippen molar-refractivity contribution in [3.8, 4) is 0 Å². The molecule has 0 amide bonds. The van der Waals surface area contributed by atoms with E-state index in [2.05, 4.69) is 0 Å². The fourth-order valence-electron chi connectivity index (χ4n) is 1.67. The zero-order valence-corrected chi connectivity index (χ0v) is 12.9. The molecule has 0 radical (unpaired) electrons. The Balaban J connectivity index is 2.67. The van der Waals surface area contributed by atoms with E-state index in [1.807, 2.05) is 0 Å². The summed E-state index contributed by atoms with van der Waals surface area (Å²) in [5, 5.41) is -0.584. The molecule has 0 spiro atoms. The molecular weight excluding hydrogens is 374 g/mol. The van der Waals surface area contributed by atoms with Crippen molar-refractivity contribution in [2.75, 3.05) is 0 Å². The predicted molar refractivity (Wildman–Crippen MR) is 75.2 cm³/mol. The van der Waals surface area contributed by atoms with Gasteiger partial charge < -0.3 is 0 Å². The Morgan fingerprint density at radius 1 is 0.619 bits per heavy atom. The maximum Gasteiger partial charge on any atom is 0.171 e. The zero-order valence-electron chi connectivity index (χ0n) is 9.83. The Kier molecular flexibility index (Phi) is 4.64. The third-order valence-electron chi connectivity index (χ3n) is 2.70. The lowest BCUT2D eigenvalue weighted by molar-refractivity contribution is 0.505. The minimum absolute atomic E-state index is 0.251. The van der Waals surface area contributed by atoms with E-state index in [0.717, 1.165) is 0 Å². The van der Waals surface area contributed by atoms with Crippen LogP contribution in [0, 0.1) is 23.3 Å². The van der Waals surface area contributed by atoms with Crippen LogP contribution in [0.3, 0.4) is 0 Å². The lowest BCUT2D eigenvalue weighted by Crippen LogP contribution is -2.15. The molecule has 2 aromatic carbocycles. The highest BCUT2D eigenvalue weighted by Gasteiger charge is 2.35. The van der Waals surface area contributed by atoms with Crippen molar-refractivity contribution in [1.82, 2.24) is 0 Å². The molecule has 0 heterocycles. The molecule has 0 fully saturated rings. The first-order valence-electron chi connectivity index (χ1n) is 5.32. The van der Waals surface area contributed by atoms with Gasteiger partial charge in [-0.3, -0.25) is 0 Å². The molecule has 0 bridgehead atoms. The van der Waals surface area contributed by atoms with E-state index < -0.39 is 27.6 Å². The van der Waals surface area contributed by atoms with Crippen LogP contribution in [-0.2, 0) is 4.33 Å². The Morgan fingerprint density at radius 2 is 0.905 bits per heavy atom. The molecule has 0 atom stereocenters. The van der Waals surface area contributed by atoms with Crippen LogP contribution in [0.4, 0.5) is 17.6 Å². The van der Waals surface area contributed by atoms with Crippen molar-refractivity contribution < 1.29 is 17.6 Å². The minimum atomic E-state index is -2.10. The molecule has 0 aliphatic rings. The second-order valence-electron chi connectivity index (χ2n) is 4.07. The van der Waals surface area contributed by atoms with Crippen LogP contribution in [0.5, 0.6) is 0 Å². The van der Waals surface area contributed by atoms with E-state index in [1.165, 1.54) is 0 Å². The monoisotopic (exact) mass is 376 g/mol. The van der Waals surface area contributed by atoms with E-state index in [0.29, 0.717) is 24.3 Å². The van der Waals surface area contributed by atoms with Gasteiger partial charge in [-0.05, 0) is 24.3 Å². The SMILES string of the molecule is Fc1cc(Cl)c(C(Cl)(Cl)c2cc(F)c(F)cc2Cl)cc1F. The summed E-state index contributed by atoms with van der Waals surface area (Å²) in [6, 6.07) is 2.66. The smallest absolute Gasteiger partial charge is 0.171 e. The quantitative estimate of drug-likeness (QED) is 0.330. The van der Waals surface area contributed by atoms with Crippen LogP contribution >= 0.6 is 46.4 Å². The third kappa shape index (κ3) is 3.09. The zero-order chi connectivity index (χ0) is 15.9. The largest absolute Gasteiger partial charge is 0.204 e. The highest BCUT2D eigenvalue weighted by Crippen LogP contribution is 2.47. The normalized spacial score (nSPS) is 11.8. The summed E-state index contributed by atoms with van der Waals surface area (Å²) in [5.41, 5.74) is -0.501. The highest BCUT2D eigenvalue weighted by molar-refractivity contribution is 6.52. The summed E-state index contributed by atoms with van der Waals surface area (Å²) in [6.45, 7) is 0. The molecule has 0 aliphatic heterocycles. The molecule has 0 N–H and O–H groups in total. The average Bonchev–Trinajstić information content (AvgIpc) is 2.37. The lowest BCUT2D eigenvalue weighted by Gasteiger charge is -2.23. The Morgan fingerprint density at radius 3 is 1.24 bits per heavy atom. The second kappa shape index (κ2) is 5.84. The van der Waals surface area contributed by atoms with Gasteiger partial charge in [0.15, 0.2) is 27.6 Å². The van der Waals surface area contributed by atoms with Crippen LogP contribution in [0.25, 0.3) is 0 Å². The molecule has 0 aromatic heterocycles. The van der Waals surface area contributed by atoms with E-state index >= 15 is 0 Å². The lowest BCUT2D eigenvalue weighted by atomic mass is 10.0. The van der Waals surface area contributed by atoms with Crippen LogP contribution in [-0.4, -0.2) is 0 Å². The third-order valence-corrected chi connectivity index (χ3v) is 4.14. The highest BCUT2D eigenvalue weighted by atomic mass is 35.5. The molecular formula is C13H4Cl4F4. The second-order valence-corrected chi connectivity index (χ2v) is 6.21. The Labute approximate surface area is 137 Å². The van der Waals surface area contributed by atoms with Gasteiger partial charge in [0.2, 0.25) is 0 Å². The van der Waals surface area contributed by atoms with Crippen molar-refractivity contribution >= 4 is 46.4 Å². The van der Waals surface area contributed by atoms with Gasteiger partial charge >= 0.3 is 0 Å². The molecule has 21 heavy (non-hydrogen) atoms. The van der Waals surface area contributed by atoms with Gasteiger partial charge in [-0.25, -0.2) is 17.6 Å². The number of benzene rings is 2. The summed E-state index contributed by atoms with van der Waals surface area (Å²) in [6.07, 6.45) is 0. The fraction of sp³-hybridized carbons (Fsp3) is 0.0769. The number of hydrogen-bond acceptors (Lipinski definition) is 0. The van der Waals surface area contributed by atoms with Crippen molar-refractivity contribution in [3.63, 3.8) is 0 Å². The predicted octanol–water partition coefficient (Wildman–Crippen LogP) is 6.23. The number of halogens is 8. The minimum Gasteiger partial charge on any atom is -0.204 e. The van der Waals surface area contributed by atoms with Crippen LogP contribution < -0.4 is 0 Å². The standard InChI is InChI=1S/C13H4Cl4F4/c14-7-3-11(20)9(18)1-5(7)13(16,17)6-2-10(19)12(21)4-8(6)15/h1-4H. The van der Waals surface area contributed by atoms with Gasteiger partial charge in [0.05, 0.1) is 10.0 Å². The van der Waals surface area contributed by atoms with Gasteiger partial charge in [0.25, 0.3) is 0 Å². The summed E-state index contributed by atoms with van der Waals surface area (Å²) >= 11 is 23.7. The summed E-state index contributed by atoms with van der Waals surface area (Å²) < 4.78 is 50.7. The maximum absolute atomic E-state index is 13.3. The van der Waals surface area contributed by atoms with Gasteiger partial charge in [-0.1, -0.05) is 46.4 Å². The van der Waals surface area contributed by atoms with Crippen molar-refractivity contribution in [2.24, 2.45) is 0 Å². The first-order chi connectivity index (χ1) is 9.64. The molecule has 2 aromatic rings. The molecule has 0 saturated carbocycles. The van der Waals surface area contributed by atoms with Crippen LogP contribution in [0.2, 0.25) is 10.0 Å². The van der Waals surface area contributed by atoms with Gasteiger partial charge in [0, 0.05) is 11.1 Å². The van der Waals surface area contributed by atoms with E-state index in [4.69, 9.17) is 46.4 Å². The van der Waals surface area contributed by atoms with E-state index in [9.17, 15) is 17.6 Å². The molecule has 0 nitrogen and oxygen atoms in total. The number of rotatable bonds is 2. The van der Waals surface area contributed by atoms with Crippen molar-refractivity contribution in [2.45, 2.75) is 4.33 Å². The summed E-state index contributed by atoms with van der Waals surface area (Å²) in [4.78, 5) is 0. The molecule has 112 valence electrons. The fourth-order valence-corrected chi connectivity index (χ4v) is 3.07. The molecule has 0 unspecified atom stereocenters. The van der Waals surface area contributed by atoms with Crippen molar-refractivity contribution in [1.29, 1.82) is 0 Å². The average molecular weight is 378 g/mol. The van der Waals surface area contributed by atoms with Gasteiger partial charge in [0.1, 0.15) is 0 Å². The van der Waals surface area contributed by atoms with E-state index in [1.54, 1.807) is 0 Å². The topological polar surface area (TPSA) is 0 Å². The summed E-state index contributed by atoms with van der Waals surface area (Å²) in [7, 11) is 0. The van der Waals surface area contributed by atoms with Crippen LogP contribution in [0.1, 0.15) is 11.1 Å². The maximum atomic E-state index is 13.3. The molecule has 8 heteroatoms. The number of hydrogen-bond donors (Lipinski definition) is 0. The number of alkyl halides is 2. The van der Waals surface area contributed by atoms with Crippen molar-refractivity contribution in [3.05, 3.63) is 68.7 Å². The molecule has 0 saturated heterocycles. The molecule has 2 rings (SSSR count). The van der Waals surface area contributed by atoms with Crippen LogP contribution in [0.15, 0.2) is 24.3 Å². The van der Waals surface area contributed by atoms with Gasteiger partial charge in [-0.2, -0.15) is 0 Å². The Hall–Kier alpha value is -0.680. The van der Waals surface area contributed by atoms with E-state index in [-0.39, 0.29) is 21.2 Å².